The summed E-state index contributed by atoms with van der Waals surface area (Å²) in [4.78, 5) is 36.1. The van der Waals surface area contributed by atoms with Crippen LogP contribution in [0.1, 0.15) is 21.5 Å². The van der Waals surface area contributed by atoms with Gasteiger partial charge >= 0.3 is 0 Å². The van der Waals surface area contributed by atoms with E-state index in [0.29, 0.717) is 22.8 Å². The van der Waals surface area contributed by atoms with Gasteiger partial charge in [0, 0.05) is 40.8 Å². The van der Waals surface area contributed by atoms with Gasteiger partial charge in [-0.1, -0.05) is 30.3 Å². The highest BCUT2D eigenvalue weighted by atomic mass is 32.2. The molecule has 192 valence electrons. The van der Waals surface area contributed by atoms with E-state index in [1.807, 2.05) is 30.3 Å². The number of thioether (sulfide) groups is 1. The molecule has 0 bridgehead atoms. The fourth-order valence-electron chi connectivity index (χ4n) is 3.20. The summed E-state index contributed by atoms with van der Waals surface area (Å²) in [5, 5.41) is 17.6. The van der Waals surface area contributed by atoms with Crippen LogP contribution in [0.4, 0.5) is 5.69 Å². The van der Waals surface area contributed by atoms with Gasteiger partial charge in [0.15, 0.2) is 0 Å². The Morgan fingerprint density at radius 3 is 2.43 bits per heavy atom. The second-order valence-corrected chi connectivity index (χ2v) is 8.70. The average Bonchev–Trinajstić information content (AvgIpc) is 2.93. The van der Waals surface area contributed by atoms with E-state index >= 15 is 0 Å². The predicted molar refractivity (Wildman–Crippen MR) is 142 cm³/mol. The summed E-state index contributed by atoms with van der Waals surface area (Å²) in [6, 6.07) is 19.1. The monoisotopic (exact) mass is 522 g/mol. The minimum absolute atomic E-state index is 0.132. The molecule has 2 N–H and O–H groups in total. The quantitative estimate of drug-likeness (QED) is 0.210. The van der Waals surface area contributed by atoms with Crippen molar-refractivity contribution in [2.45, 2.75) is 11.8 Å². The number of hydrazone groups is 1. The van der Waals surface area contributed by atoms with Crippen LogP contribution in [0.2, 0.25) is 0 Å². The van der Waals surface area contributed by atoms with Gasteiger partial charge in [-0.2, -0.15) is 16.9 Å². The summed E-state index contributed by atoms with van der Waals surface area (Å²) in [7, 11) is 3.06. The molecule has 3 aromatic carbocycles. The van der Waals surface area contributed by atoms with Crippen molar-refractivity contribution in [2.75, 3.05) is 20.0 Å². The first kappa shape index (κ1) is 27.2. The van der Waals surface area contributed by atoms with Gasteiger partial charge in [0.25, 0.3) is 17.5 Å². The molecule has 0 saturated carbocycles. The third-order valence-electron chi connectivity index (χ3n) is 5.18. The lowest BCUT2D eigenvalue weighted by molar-refractivity contribution is -0.384. The molecule has 1 atom stereocenters. The fraction of sp³-hybridized carbons (Fsp3) is 0.192. The number of nitrogens with zero attached hydrogens (tertiary/aromatic N) is 2. The van der Waals surface area contributed by atoms with E-state index < -0.39 is 22.8 Å². The third kappa shape index (κ3) is 8.07. The zero-order valence-electron chi connectivity index (χ0n) is 20.2. The maximum absolute atomic E-state index is 12.9. The van der Waals surface area contributed by atoms with Crippen molar-refractivity contribution in [1.82, 2.24) is 10.7 Å². The van der Waals surface area contributed by atoms with Crippen LogP contribution < -0.4 is 20.2 Å². The average molecular weight is 523 g/mol. The summed E-state index contributed by atoms with van der Waals surface area (Å²) < 4.78 is 10.5. The number of nitro groups is 1. The number of rotatable bonds is 12. The maximum atomic E-state index is 12.9. The Bertz CT molecular complexity index is 1250. The minimum Gasteiger partial charge on any atom is -0.497 e. The number of hydrogen-bond acceptors (Lipinski definition) is 8. The molecule has 11 heteroatoms. The van der Waals surface area contributed by atoms with Gasteiger partial charge in [-0.15, -0.1) is 0 Å². The molecule has 0 spiro atoms. The predicted octanol–water partition coefficient (Wildman–Crippen LogP) is 3.79. The highest BCUT2D eigenvalue weighted by Crippen LogP contribution is 2.23. The number of carbonyl (C=O) groups is 2. The van der Waals surface area contributed by atoms with E-state index in [1.54, 1.807) is 25.3 Å². The standard InChI is InChI=1S/C26H26N4O6S/c1-35-22-13-10-20(24(14-22)36-2)15-27-29-26(32)23(17-37-16-18-6-4-3-5-7-18)28-25(31)19-8-11-21(12-9-19)30(33)34/h3-15,23H,16-17H2,1-2H3,(H,28,31)(H,29,32). The van der Waals surface area contributed by atoms with Gasteiger partial charge in [-0.05, 0) is 29.8 Å². The van der Waals surface area contributed by atoms with E-state index in [0.717, 1.165) is 5.56 Å². The number of nitrogens with one attached hydrogen (secondary N) is 2. The topological polar surface area (TPSA) is 132 Å². The summed E-state index contributed by atoms with van der Waals surface area (Å²) in [6.07, 6.45) is 1.43. The lowest BCUT2D eigenvalue weighted by Crippen LogP contribution is -2.47. The van der Waals surface area contributed by atoms with Gasteiger partial charge in [0.2, 0.25) is 0 Å². The Labute approximate surface area is 218 Å². The van der Waals surface area contributed by atoms with Crippen LogP contribution in [0.5, 0.6) is 11.5 Å². The Balaban J connectivity index is 1.69. The number of nitro benzene ring substituents is 1. The molecule has 2 amide bonds. The number of carbonyl (C=O) groups excluding carboxylic acids is 2. The summed E-state index contributed by atoms with van der Waals surface area (Å²) in [6.45, 7) is 0. The molecule has 37 heavy (non-hydrogen) atoms. The van der Waals surface area contributed by atoms with E-state index in [-0.39, 0.29) is 17.0 Å². The first-order valence-electron chi connectivity index (χ1n) is 11.1. The Hall–Kier alpha value is -4.38. The van der Waals surface area contributed by atoms with Crippen molar-refractivity contribution in [3.05, 3.63) is 99.6 Å². The number of benzene rings is 3. The number of hydrogen-bond donors (Lipinski definition) is 2. The first-order chi connectivity index (χ1) is 17.9. The van der Waals surface area contributed by atoms with Crippen LogP contribution in [0, 0.1) is 10.1 Å². The molecule has 0 fully saturated rings. The second-order valence-electron chi connectivity index (χ2n) is 7.67. The number of non-ortho nitro benzene ring substituents is 1. The molecule has 0 radical (unpaired) electrons. The van der Waals surface area contributed by atoms with Gasteiger partial charge in [-0.3, -0.25) is 19.7 Å². The van der Waals surface area contributed by atoms with Crippen LogP contribution in [-0.2, 0) is 10.5 Å². The normalized spacial score (nSPS) is 11.5. The van der Waals surface area contributed by atoms with Crippen molar-refractivity contribution in [1.29, 1.82) is 0 Å². The molecule has 0 heterocycles. The first-order valence-corrected chi connectivity index (χ1v) is 12.3. The van der Waals surface area contributed by atoms with Crippen LogP contribution in [-0.4, -0.2) is 49.0 Å². The van der Waals surface area contributed by atoms with Gasteiger partial charge in [-0.25, -0.2) is 5.43 Å². The molecule has 3 rings (SSSR count). The van der Waals surface area contributed by atoms with Gasteiger partial charge in [0.05, 0.1) is 25.4 Å². The third-order valence-corrected chi connectivity index (χ3v) is 6.28. The van der Waals surface area contributed by atoms with E-state index in [1.165, 1.54) is 49.4 Å². The van der Waals surface area contributed by atoms with Crippen molar-refractivity contribution < 1.29 is 24.0 Å². The minimum atomic E-state index is -0.911. The Morgan fingerprint density at radius 1 is 1.05 bits per heavy atom. The molecule has 0 aliphatic carbocycles. The van der Waals surface area contributed by atoms with Crippen LogP contribution in [0.15, 0.2) is 77.9 Å². The van der Waals surface area contributed by atoms with Crippen molar-refractivity contribution in [3.63, 3.8) is 0 Å². The van der Waals surface area contributed by atoms with Crippen LogP contribution in [0.25, 0.3) is 0 Å². The molecular formula is C26H26N4O6S. The second kappa shape index (κ2) is 13.6. The van der Waals surface area contributed by atoms with E-state index in [2.05, 4.69) is 15.8 Å². The molecule has 3 aromatic rings. The lowest BCUT2D eigenvalue weighted by Gasteiger charge is -2.17. The largest absolute Gasteiger partial charge is 0.497 e. The maximum Gasteiger partial charge on any atom is 0.269 e. The van der Waals surface area contributed by atoms with Crippen molar-refractivity contribution in [3.8, 4) is 11.5 Å². The molecule has 0 saturated heterocycles. The number of methoxy groups -OCH3 is 2. The zero-order chi connectivity index (χ0) is 26.6. The fourth-order valence-corrected chi connectivity index (χ4v) is 4.21. The molecular weight excluding hydrogens is 496 g/mol. The van der Waals surface area contributed by atoms with Crippen molar-refractivity contribution in [2.24, 2.45) is 5.10 Å². The molecule has 1 unspecified atom stereocenters. The number of amides is 2. The summed E-state index contributed by atoms with van der Waals surface area (Å²) in [5.74, 6) is 1.00. The number of ether oxygens (including phenoxy) is 2. The summed E-state index contributed by atoms with van der Waals surface area (Å²) >= 11 is 1.48. The van der Waals surface area contributed by atoms with Crippen LogP contribution >= 0.6 is 11.8 Å². The molecule has 0 aliphatic heterocycles. The summed E-state index contributed by atoms with van der Waals surface area (Å²) in [5.41, 5.74) is 4.23. The van der Waals surface area contributed by atoms with Crippen LogP contribution in [0.3, 0.4) is 0 Å². The Kier molecular flexibility index (Phi) is 10.0. The Morgan fingerprint density at radius 2 is 1.78 bits per heavy atom. The highest BCUT2D eigenvalue weighted by molar-refractivity contribution is 7.98. The zero-order valence-corrected chi connectivity index (χ0v) is 21.1. The van der Waals surface area contributed by atoms with E-state index in [9.17, 15) is 19.7 Å². The van der Waals surface area contributed by atoms with Crippen molar-refractivity contribution >= 4 is 35.5 Å². The van der Waals surface area contributed by atoms with Gasteiger partial charge < -0.3 is 14.8 Å². The molecule has 0 aromatic heterocycles. The SMILES string of the molecule is COc1ccc(C=NNC(=O)C(CSCc2ccccc2)NC(=O)c2ccc([N+](=O)[O-])cc2)c(OC)c1. The van der Waals surface area contributed by atoms with E-state index in [4.69, 9.17) is 9.47 Å². The smallest absolute Gasteiger partial charge is 0.269 e. The molecule has 0 aliphatic rings. The lowest BCUT2D eigenvalue weighted by atomic mass is 10.2. The molecule has 10 nitrogen and oxygen atoms in total. The highest BCUT2D eigenvalue weighted by Gasteiger charge is 2.22. The van der Waals surface area contributed by atoms with Gasteiger partial charge in [0.1, 0.15) is 17.5 Å².